The zero-order chi connectivity index (χ0) is 23.7. The number of pyridine rings is 2. The smallest absolute Gasteiger partial charge is 0.319 e. The summed E-state index contributed by atoms with van der Waals surface area (Å²) in [6.07, 6.45) is 3.36. The molecule has 0 radical (unpaired) electrons. The first-order valence-electron chi connectivity index (χ1n) is 10.9. The van der Waals surface area contributed by atoms with Crippen molar-refractivity contribution in [3.63, 3.8) is 0 Å². The number of hydrogen-bond donors (Lipinski definition) is 2. The Balaban J connectivity index is 1.41. The minimum atomic E-state index is -4.56. The van der Waals surface area contributed by atoms with Crippen LogP contribution < -0.4 is 5.32 Å². The zero-order valence-corrected chi connectivity index (χ0v) is 18.1. The van der Waals surface area contributed by atoms with Gasteiger partial charge in [-0.1, -0.05) is 6.07 Å². The van der Waals surface area contributed by atoms with Gasteiger partial charge < -0.3 is 5.32 Å². The second-order valence-electron chi connectivity index (χ2n) is 8.31. The van der Waals surface area contributed by atoms with Crippen LogP contribution in [0.1, 0.15) is 34.5 Å². The van der Waals surface area contributed by atoms with Crippen molar-refractivity contribution in [1.82, 2.24) is 25.1 Å². The van der Waals surface area contributed by atoms with Crippen LogP contribution in [0.25, 0.3) is 22.0 Å². The Labute approximate surface area is 193 Å². The second kappa shape index (κ2) is 8.86. The minimum Gasteiger partial charge on any atom is -0.319 e. The van der Waals surface area contributed by atoms with E-state index in [1.54, 1.807) is 6.20 Å². The Morgan fingerprint density at radius 1 is 1.00 bits per heavy atom. The van der Waals surface area contributed by atoms with Gasteiger partial charge in [-0.05, 0) is 61.3 Å². The molecule has 0 saturated carbocycles. The predicted molar refractivity (Wildman–Crippen MR) is 121 cm³/mol. The molecule has 2 N–H and O–H groups in total. The van der Waals surface area contributed by atoms with Crippen molar-refractivity contribution in [2.24, 2.45) is 0 Å². The van der Waals surface area contributed by atoms with E-state index in [1.165, 1.54) is 12.8 Å². The van der Waals surface area contributed by atoms with Crippen LogP contribution in [0.2, 0.25) is 0 Å². The molecule has 0 aliphatic carbocycles. The number of alkyl halides is 3. The molecule has 0 bridgehead atoms. The molecule has 3 aromatic heterocycles. The summed E-state index contributed by atoms with van der Waals surface area (Å²) in [5, 5.41) is 9.89. The fourth-order valence-corrected chi connectivity index (χ4v) is 4.15. The number of carbonyl (C=O) groups is 1. The van der Waals surface area contributed by atoms with E-state index in [1.807, 2.05) is 24.4 Å². The van der Waals surface area contributed by atoms with Gasteiger partial charge in [-0.15, -0.1) is 0 Å². The number of rotatable bonds is 5. The number of fused-ring (bicyclic) bond motifs is 1. The fourth-order valence-electron chi connectivity index (χ4n) is 4.15. The largest absolute Gasteiger partial charge is 0.417 e. The van der Waals surface area contributed by atoms with Gasteiger partial charge in [0.05, 0.1) is 23.0 Å². The number of H-pyrrole nitrogens is 1. The molecule has 1 amide bonds. The van der Waals surface area contributed by atoms with Crippen LogP contribution in [-0.4, -0.2) is 44.1 Å². The van der Waals surface area contributed by atoms with Crippen molar-refractivity contribution >= 4 is 22.5 Å². The molecular formula is C24H21F3N6O. The summed E-state index contributed by atoms with van der Waals surface area (Å²) >= 11 is 0. The average Bonchev–Trinajstić information content (AvgIpc) is 3.48. The van der Waals surface area contributed by atoms with Crippen molar-refractivity contribution in [1.29, 1.82) is 0 Å². The molecular weight excluding hydrogens is 445 g/mol. The second-order valence-corrected chi connectivity index (χ2v) is 8.31. The van der Waals surface area contributed by atoms with Crippen LogP contribution in [0.4, 0.5) is 18.9 Å². The summed E-state index contributed by atoms with van der Waals surface area (Å²) in [5.74, 6) is -0.634. The molecule has 1 aliphatic rings. The lowest BCUT2D eigenvalue weighted by Gasteiger charge is -2.14. The molecule has 1 saturated heterocycles. The lowest BCUT2D eigenvalue weighted by Crippen LogP contribution is -2.18. The monoisotopic (exact) mass is 466 g/mol. The maximum atomic E-state index is 13.0. The van der Waals surface area contributed by atoms with Gasteiger partial charge >= 0.3 is 6.18 Å². The third-order valence-electron chi connectivity index (χ3n) is 5.83. The molecule has 10 heteroatoms. The highest BCUT2D eigenvalue weighted by Crippen LogP contribution is 2.30. The van der Waals surface area contributed by atoms with E-state index >= 15 is 0 Å². The van der Waals surface area contributed by atoms with Crippen molar-refractivity contribution in [2.75, 3.05) is 18.4 Å². The van der Waals surface area contributed by atoms with Gasteiger partial charge in [0.1, 0.15) is 0 Å². The number of anilines is 1. The Morgan fingerprint density at radius 3 is 2.59 bits per heavy atom. The number of carbonyl (C=O) groups excluding carboxylic acids is 1. The highest BCUT2D eigenvalue weighted by atomic mass is 19.4. The lowest BCUT2D eigenvalue weighted by molar-refractivity contribution is -0.137. The van der Waals surface area contributed by atoms with E-state index < -0.39 is 17.6 Å². The van der Waals surface area contributed by atoms with Gasteiger partial charge in [0.2, 0.25) is 0 Å². The number of amides is 1. The van der Waals surface area contributed by atoms with Gasteiger partial charge in [0, 0.05) is 36.1 Å². The summed E-state index contributed by atoms with van der Waals surface area (Å²) in [7, 11) is 0. The molecule has 1 aliphatic heterocycles. The van der Waals surface area contributed by atoms with E-state index in [0.29, 0.717) is 17.1 Å². The molecule has 34 heavy (non-hydrogen) atoms. The van der Waals surface area contributed by atoms with E-state index in [9.17, 15) is 18.0 Å². The summed E-state index contributed by atoms with van der Waals surface area (Å²) in [6, 6.07) is 8.47. The Morgan fingerprint density at radius 2 is 1.79 bits per heavy atom. The maximum absolute atomic E-state index is 13.0. The van der Waals surface area contributed by atoms with Gasteiger partial charge in [-0.25, -0.2) is 0 Å². The van der Waals surface area contributed by atoms with Crippen LogP contribution >= 0.6 is 0 Å². The molecule has 174 valence electrons. The minimum absolute atomic E-state index is 0.0639. The van der Waals surface area contributed by atoms with Gasteiger partial charge in [-0.3, -0.25) is 24.8 Å². The van der Waals surface area contributed by atoms with Crippen LogP contribution in [0.5, 0.6) is 0 Å². The van der Waals surface area contributed by atoms with E-state index in [2.05, 4.69) is 36.4 Å². The van der Waals surface area contributed by atoms with Crippen molar-refractivity contribution in [3.05, 3.63) is 71.9 Å². The van der Waals surface area contributed by atoms with Crippen molar-refractivity contribution in [3.8, 4) is 11.1 Å². The van der Waals surface area contributed by atoms with Gasteiger partial charge in [-0.2, -0.15) is 18.3 Å². The molecule has 0 atom stereocenters. The van der Waals surface area contributed by atoms with Crippen LogP contribution in [0, 0.1) is 0 Å². The zero-order valence-electron chi connectivity index (χ0n) is 18.1. The first-order chi connectivity index (χ1) is 16.4. The molecule has 4 aromatic rings. The highest BCUT2D eigenvalue weighted by Gasteiger charge is 2.31. The number of aromatic amines is 1. The number of hydrogen-bond acceptors (Lipinski definition) is 5. The van der Waals surface area contributed by atoms with Crippen LogP contribution in [-0.2, 0) is 12.7 Å². The van der Waals surface area contributed by atoms with Crippen LogP contribution in [0.15, 0.2) is 55.1 Å². The standard InChI is InChI=1S/C24H21F3N6O/c25-24(26,27)18-9-19(13-29-12-18)30-23(34)22-20-8-16(3-4-21(20)31-32-22)17-7-15(10-28-11-17)14-33-5-1-2-6-33/h3-4,7-13H,1-2,5-6,14H2,(H,30,34)(H,31,32). The summed E-state index contributed by atoms with van der Waals surface area (Å²) in [6.45, 7) is 3.02. The Kier molecular flexibility index (Phi) is 5.74. The summed E-state index contributed by atoms with van der Waals surface area (Å²) in [5.41, 5.74) is 2.59. The topological polar surface area (TPSA) is 86.8 Å². The number of nitrogens with zero attached hydrogens (tertiary/aromatic N) is 4. The maximum Gasteiger partial charge on any atom is 0.417 e. The van der Waals surface area contributed by atoms with Crippen molar-refractivity contribution in [2.45, 2.75) is 25.6 Å². The molecule has 1 fully saturated rings. The first-order valence-corrected chi connectivity index (χ1v) is 10.9. The molecule has 7 nitrogen and oxygen atoms in total. The molecule has 0 spiro atoms. The first kappa shape index (κ1) is 22.0. The van der Waals surface area contributed by atoms with Crippen LogP contribution in [0.3, 0.4) is 0 Å². The van der Waals surface area contributed by atoms with Crippen molar-refractivity contribution < 1.29 is 18.0 Å². The Bertz CT molecular complexity index is 1340. The van der Waals surface area contributed by atoms with E-state index in [-0.39, 0.29) is 11.4 Å². The van der Waals surface area contributed by atoms with E-state index in [0.717, 1.165) is 48.6 Å². The molecule has 0 unspecified atom stereocenters. The summed E-state index contributed by atoms with van der Waals surface area (Å²) < 4.78 is 38.9. The number of nitrogens with one attached hydrogen (secondary N) is 2. The number of benzene rings is 1. The normalized spacial score (nSPS) is 14.6. The summed E-state index contributed by atoms with van der Waals surface area (Å²) in [4.78, 5) is 23.2. The molecule has 1 aromatic carbocycles. The van der Waals surface area contributed by atoms with Gasteiger partial charge in [0.25, 0.3) is 5.91 Å². The molecule has 5 rings (SSSR count). The number of halogens is 3. The number of likely N-dealkylation sites (tertiary alicyclic amines) is 1. The average molecular weight is 466 g/mol. The Hall–Kier alpha value is -3.79. The third kappa shape index (κ3) is 4.62. The quantitative estimate of drug-likeness (QED) is 0.438. The lowest BCUT2D eigenvalue weighted by atomic mass is 10.0. The molecule has 4 heterocycles. The third-order valence-corrected chi connectivity index (χ3v) is 5.83. The fraction of sp³-hybridized carbons (Fsp3) is 0.250. The number of aromatic nitrogens is 4. The van der Waals surface area contributed by atoms with E-state index in [4.69, 9.17) is 0 Å². The van der Waals surface area contributed by atoms with Gasteiger partial charge in [0.15, 0.2) is 5.69 Å². The SMILES string of the molecule is O=C(Nc1cncc(C(F)(F)F)c1)c1n[nH]c2ccc(-c3cncc(CN4CCCC4)c3)cc12. The highest BCUT2D eigenvalue weighted by molar-refractivity contribution is 6.11. The predicted octanol–water partition coefficient (Wildman–Crippen LogP) is 4.89.